The highest BCUT2D eigenvalue weighted by Gasteiger charge is 2.28. The molecular weight excluding hydrogens is 362 g/mol. The summed E-state index contributed by atoms with van der Waals surface area (Å²) in [6.07, 6.45) is 3.48. The van der Waals surface area contributed by atoms with Crippen LogP contribution in [0.25, 0.3) is 5.69 Å². The molecular formula is C19H27N5O2S. The van der Waals surface area contributed by atoms with Crippen LogP contribution in [0, 0.1) is 18.8 Å². The zero-order chi connectivity index (χ0) is 19.4. The van der Waals surface area contributed by atoms with E-state index in [0.29, 0.717) is 22.7 Å². The van der Waals surface area contributed by atoms with Crippen molar-refractivity contribution in [3.63, 3.8) is 0 Å². The molecule has 1 saturated carbocycles. The number of nitrogens with one attached hydrogen (secondary N) is 1. The monoisotopic (exact) mass is 389 g/mol. The lowest BCUT2D eigenvalue weighted by atomic mass is 9.78. The van der Waals surface area contributed by atoms with Crippen LogP contribution in [0.5, 0.6) is 5.75 Å². The zero-order valence-electron chi connectivity index (χ0n) is 16.3. The molecule has 2 aromatic rings. The van der Waals surface area contributed by atoms with Crippen molar-refractivity contribution in [1.29, 1.82) is 0 Å². The summed E-state index contributed by atoms with van der Waals surface area (Å²) >= 11 is 1.33. The minimum absolute atomic E-state index is 0.0247. The van der Waals surface area contributed by atoms with Crippen molar-refractivity contribution < 1.29 is 9.53 Å². The van der Waals surface area contributed by atoms with Gasteiger partial charge in [-0.15, -0.1) is 5.10 Å². The van der Waals surface area contributed by atoms with Crippen molar-refractivity contribution >= 4 is 17.7 Å². The molecule has 0 saturated heterocycles. The van der Waals surface area contributed by atoms with Gasteiger partial charge in [-0.05, 0) is 53.3 Å². The molecule has 1 amide bonds. The molecule has 1 heterocycles. The second-order valence-corrected chi connectivity index (χ2v) is 8.22. The number of thioether (sulfide) groups is 1. The minimum Gasteiger partial charge on any atom is -0.494 e. The molecule has 0 aliphatic heterocycles. The highest BCUT2D eigenvalue weighted by Crippen LogP contribution is 2.30. The first-order valence-corrected chi connectivity index (χ1v) is 10.3. The molecule has 3 rings (SSSR count). The van der Waals surface area contributed by atoms with Crippen molar-refractivity contribution in [2.24, 2.45) is 11.8 Å². The first-order chi connectivity index (χ1) is 13.0. The summed E-state index contributed by atoms with van der Waals surface area (Å²) in [4.78, 5) is 12.4. The Morgan fingerprint density at radius 2 is 2.19 bits per heavy atom. The Balaban J connectivity index is 1.65. The molecule has 3 atom stereocenters. The van der Waals surface area contributed by atoms with E-state index >= 15 is 0 Å². The maximum atomic E-state index is 12.4. The number of ether oxygens (including phenoxy) is 1. The maximum absolute atomic E-state index is 12.4. The van der Waals surface area contributed by atoms with Crippen LogP contribution in [-0.2, 0) is 4.79 Å². The Morgan fingerprint density at radius 3 is 2.96 bits per heavy atom. The Morgan fingerprint density at radius 1 is 1.37 bits per heavy atom. The number of rotatable bonds is 6. The number of carbonyl (C=O) groups excluding carboxylic acids is 1. The zero-order valence-corrected chi connectivity index (χ0v) is 17.1. The van der Waals surface area contributed by atoms with Gasteiger partial charge in [0.1, 0.15) is 11.4 Å². The third-order valence-electron chi connectivity index (χ3n) is 5.39. The van der Waals surface area contributed by atoms with Crippen molar-refractivity contribution in [3.8, 4) is 11.4 Å². The molecule has 0 spiro atoms. The minimum atomic E-state index is 0.0247. The number of carbonyl (C=O) groups is 1. The number of amides is 1. The second-order valence-electron chi connectivity index (χ2n) is 7.28. The molecule has 8 heteroatoms. The molecule has 0 radical (unpaired) electrons. The number of tetrazole rings is 1. The molecule has 1 aromatic heterocycles. The van der Waals surface area contributed by atoms with Crippen LogP contribution in [0.15, 0.2) is 23.4 Å². The van der Waals surface area contributed by atoms with Gasteiger partial charge >= 0.3 is 0 Å². The standard InChI is InChI=1S/C19H27N5O2S/c1-12-8-9-17(26-4)16(10-12)24-19(21-22-23-24)27-11-18(25)20-15-7-5-6-13(2)14(15)3/h8-10,13-15H,5-7,11H2,1-4H3,(H,20,25)/t13-,14-,15-/m1/s1. The Hall–Kier alpha value is -2.09. The summed E-state index contributed by atoms with van der Waals surface area (Å²) in [5.74, 6) is 2.15. The van der Waals surface area contributed by atoms with Crippen LogP contribution < -0.4 is 10.1 Å². The van der Waals surface area contributed by atoms with Gasteiger partial charge in [0.2, 0.25) is 11.1 Å². The van der Waals surface area contributed by atoms with Gasteiger partial charge in [-0.2, -0.15) is 4.68 Å². The fourth-order valence-electron chi connectivity index (χ4n) is 3.55. The average molecular weight is 390 g/mol. The summed E-state index contributed by atoms with van der Waals surface area (Å²) in [6, 6.07) is 6.08. The molecule has 27 heavy (non-hydrogen) atoms. The number of aromatic nitrogens is 4. The molecule has 0 bridgehead atoms. The fraction of sp³-hybridized carbons (Fsp3) is 0.579. The smallest absolute Gasteiger partial charge is 0.230 e. The predicted molar refractivity (Wildman–Crippen MR) is 105 cm³/mol. The van der Waals surface area contributed by atoms with Gasteiger partial charge in [0.05, 0.1) is 12.9 Å². The van der Waals surface area contributed by atoms with Crippen molar-refractivity contribution in [2.45, 2.75) is 51.2 Å². The highest BCUT2D eigenvalue weighted by molar-refractivity contribution is 7.99. The number of methoxy groups -OCH3 is 1. The molecule has 1 aliphatic carbocycles. The van der Waals surface area contributed by atoms with Gasteiger partial charge in [0.25, 0.3) is 0 Å². The van der Waals surface area contributed by atoms with E-state index in [2.05, 4.69) is 34.7 Å². The van der Waals surface area contributed by atoms with E-state index in [1.54, 1.807) is 11.8 Å². The number of aryl methyl sites for hydroxylation is 1. The third kappa shape index (κ3) is 4.61. The quantitative estimate of drug-likeness (QED) is 0.765. The van der Waals surface area contributed by atoms with Crippen molar-refractivity contribution in [3.05, 3.63) is 23.8 Å². The van der Waals surface area contributed by atoms with Gasteiger partial charge in [-0.3, -0.25) is 4.79 Å². The van der Waals surface area contributed by atoms with E-state index in [0.717, 1.165) is 17.7 Å². The van der Waals surface area contributed by atoms with Crippen LogP contribution in [0.2, 0.25) is 0 Å². The lowest BCUT2D eigenvalue weighted by Crippen LogP contribution is -2.44. The number of hydrogen-bond donors (Lipinski definition) is 1. The summed E-state index contributed by atoms with van der Waals surface area (Å²) in [5.41, 5.74) is 1.84. The van der Waals surface area contributed by atoms with Crippen molar-refractivity contribution in [2.75, 3.05) is 12.9 Å². The number of benzene rings is 1. The van der Waals surface area contributed by atoms with Gasteiger partial charge in [0.15, 0.2) is 0 Å². The molecule has 146 valence electrons. The Labute approximate surface area is 164 Å². The molecule has 1 aromatic carbocycles. The van der Waals surface area contributed by atoms with Crippen LogP contribution in [0.4, 0.5) is 0 Å². The maximum Gasteiger partial charge on any atom is 0.230 e. The Kier molecular flexibility index (Phi) is 6.36. The predicted octanol–water partition coefficient (Wildman–Crippen LogP) is 3.01. The summed E-state index contributed by atoms with van der Waals surface area (Å²) < 4.78 is 7.04. The van der Waals surface area contributed by atoms with Crippen LogP contribution in [-0.4, -0.2) is 45.0 Å². The van der Waals surface area contributed by atoms with Crippen molar-refractivity contribution in [1.82, 2.24) is 25.5 Å². The highest BCUT2D eigenvalue weighted by atomic mass is 32.2. The topological polar surface area (TPSA) is 81.9 Å². The first kappa shape index (κ1) is 19.7. The molecule has 0 unspecified atom stereocenters. The van der Waals surface area contributed by atoms with E-state index in [1.165, 1.54) is 24.6 Å². The largest absolute Gasteiger partial charge is 0.494 e. The van der Waals surface area contributed by atoms with E-state index in [9.17, 15) is 4.79 Å². The lowest BCUT2D eigenvalue weighted by molar-refractivity contribution is -0.120. The SMILES string of the molecule is COc1ccc(C)cc1-n1nnnc1SCC(=O)N[C@@H]1CCC[C@@H](C)[C@H]1C. The molecule has 1 N–H and O–H groups in total. The summed E-state index contributed by atoms with van der Waals surface area (Å²) in [5, 5.41) is 15.7. The molecule has 7 nitrogen and oxygen atoms in total. The fourth-order valence-corrected chi connectivity index (χ4v) is 4.24. The summed E-state index contributed by atoms with van der Waals surface area (Å²) in [7, 11) is 1.62. The number of nitrogens with zero attached hydrogens (tertiary/aromatic N) is 4. The summed E-state index contributed by atoms with van der Waals surface area (Å²) in [6.45, 7) is 6.49. The van der Waals surface area contributed by atoms with Crippen LogP contribution in [0.1, 0.15) is 38.7 Å². The normalized spacial score (nSPS) is 22.4. The first-order valence-electron chi connectivity index (χ1n) is 9.35. The van der Waals surface area contributed by atoms with Gasteiger partial charge in [-0.1, -0.05) is 44.5 Å². The van der Waals surface area contributed by atoms with Gasteiger partial charge in [0, 0.05) is 6.04 Å². The van der Waals surface area contributed by atoms with Gasteiger partial charge < -0.3 is 10.1 Å². The number of hydrogen-bond acceptors (Lipinski definition) is 6. The lowest BCUT2D eigenvalue weighted by Gasteiger charge is -2.34. The Bertz CT molecular complexity index is 794. The van der Waals surface area contributed by atoms with Crippen LogP contribution in [0.3, 0.4) is 0 Å². The van der Waals surface area contributed by atoms with E-state index in [4.69, 9.17) is 4.74 Å². The van der Waals surface area contributed by atoms with Gasteiger partial charge in [-0.25, -0.2) is 0 Å². The molecule has 1 fully saturated rings. The van der Waals surface area contributed by atoms with Crippen LogP contribution >= 0.6 is 11.8 Å². The second kappa shape index (κ2) is 8.73. The van der Waals surface area contributed by atoms with E-state index in [-0.39, 0.29) is 17.7 Å². The average Bonchev–Trinajstić information content (AvgIpc) is 3.12. The molecule has 1 aliphatic rings. The third-order valence-corrected chi connectivity index (χ3v) is 6.31. The van der Waals surface area contributed by atoms with E-state index in [1.807, 2.05) is 25.1 Å². The van der Waals surface area contributed by atoms with E-state index < -0.39 is 0 Å².